The van der Waals surface area contributed by atoms with Crippen molar-refractivity contribution >= 4 is 23.2 Å². The summed E-state index contributed by atoms with van der Waals surface area (Å²) in [6, 6.07) is 10.5. The molecule has 0 aliphatic carbocycles. The Hall–Kier alpha value is -2.89. The molecule has 0 atom stereocenters. The maximum Gasteiger partial charge on any atom is 0.262 e. The Morgan fingerprint density at radius 2 is 2.05 bits per heavy atom. The van der Waals surface area contributed by atoms with Gasteiger partial charge in [-0.25, -0.2) is 4.39 Å². The zero-order chi connectivity index (χ0) is 14.8. The topological polar surface area (TPSA) is 67.4 Å². The van der Waals surface area contributed by atoms with Crippen LogP contribution < -0.4 is 15.4 Å². The van der Waals surface area contributed by atoms with Gasteiger partial charge < -0.3 is 15.4 Å². The van der Waals surface area contributed by atoms with Gasteiger partial charge >= 0.3 is 0 Å². The SMILES string of the molecule is O=C1COc2ccc(C(=O)Nc3ccccc3F)cc2N1. The largest absolute Gasteiger partial charge is 0.482 e. The molecule has 3 rings (SSSR count). The van der Waals surface area contributed by atoms with E-state index in [0.29, 0.717) is 17.0 Å². The second-order valence-electron chi connectivity index (χ2n) is 4.48. The van der Waals surface area contributed by atoms with Gasteiger partial charge in [0.2, 0.25) is 0 Å². The second kappa shape index (κ2) is 5.24. The number of halogens is 1. The average molecular weight is 286 g/mol. The number of anilines is 2. The van der Waals surface area contributed by atoms with E-state index in [1.807, 2.05) is 0 Å². The summed E-state index contributed by atoms with van der Waals surface area (Å²) < 4.78 is 18.7. The molecular weight excluding hydrogens is 275 g/mol. The molecule has 0 saturated carbocycles. The van der Waals surface area contributed by atoms with E-state index in [-0.39, 0.29) is 18.2 Å². The van der Waals surface area contributed by atoms with Gasteiger partial charge in [0.05, 0.1) is 11.4 Å². The first kappa shape index (κ1) is 13.1. The maximum absolute atomic E-state index is 13.5. The number of amides is 2. The van der Waals surface area contributed by atoms with E-state index in [4.69, 9.17) is 4.74 Å². The maximum atomic E-state index is 13.5. The number of nitrogens with one attached hydrogen (secondary N) is 2. The van der Waals surface area contributed by atoms with Crippen molar-refractivity contribution in [1.82, 2.24) is 0 Å². The van der Waals surface area contributed by atoms with Crippen LogP contribution in [0, 0.1) is 5.82 Å². The van der Waals surface area contributed by atoms with Crippen LogP contribution in [0.25, 0.3) is 0 Å². The molecule has 2 aromatic carbocycles. The summed E-state index contributed by atoms with van der Waals surface area (Å²) in [7, 11) is 0. The van der Waals surface area contributed by atoms with Crippen molar-refractivity contribution < 1.29 is 18.7 Å². The highest BCUT2D eigenvalue weighted by Crippen LogP contribution is 2.28. The van der Waals surface area contributed by atoms with Gasteiger partial charge in [-0.15, -0.1) is 0 Å². The minimum Gasteiger partial charge on any atom is -0.482 e. The van der Waals surface area contributed by atoms with Gasteiger partial charge in [-0.05, 0) is 30.3 Å². The highest BCUT2D eigenvalue weighted by molar-refractivity contribution is 6.06. The van der Waals surface area contributed by atoms with Gasteiger partial charge in [0, 0.05) is 5.56 Å². The number of fused-ring (bicyclic) bond motifs is 1. The Morgan fingerprint density at radius 3 is 2.86 bits per heavy atom. The summed E-state index contributed by atoms with van der Waals surface area (Å²) in [5.41, 5.74) is 0.816. The van der Waals surface area contributed by atoms with Crippen LogP contribution in [0.4, 0.5) is 15.8 Å². The molecule has 0 aromatic heterocycles. The molecule has 1 aliphatic heterocycles. The van der Waals surface area contributed by atoms with Crippen LogP contribution in [-0.4, -0.2) is 18.4 Å². The molecular formula is C15H11FN2O3. The van der Waals surface area contributed by atoms with Crippen LogP contribution in [0.5, 0.6) is 5.75 Å². The fraction of sp³-hybridized carbons (Fsp3) is 0.0667. The molecule has 1 aliphatic rings. The predicted molar refractivity (Wildman–Crippen MR) is 74.9 cm³/mol. The first-order valence-electron chi connectivity index (χ1n) is 6.26. The minimum absolute atomic E-state index is 0.0478. The van der Waals surface area contributed by atoms with E-state index in [9.17, 15) is 14.0 Å². The molecule has 0 fully saturated rings. The lowest BCUT2D eigenvalue weighted by Crippen LogP contribution is -2.25. The zero-order valence-electron chi connectivity index (χ0n) is 10.9. The van der Waals surface area contributed by atoms with Crippen LogP contribution in [0.2, 0.25) is 0 Å². The van der Waals surface area contributed by atoms with Crippen molar-refractivity contribution in [2.75, 3.05) is 17.2 Å². The van der Waals surface area contributed by atoms with Crippen molar-refractivity contribution in [3.8, 4) is 5.75 Å². The summed E-state index contributed by atoms with van der Waals surface area (Å²) in [4.78, 5) is 23.4. The smallest absolute Gasteiger partial charge is 0.262 e. The molecule has 2 N–H and O–H groups in total. The van der Waals surface area contributed by atoms with Crippen LogP contribution in [-0.2, 0) is 4.79 Å². The molecule has 21 heavy (non-hydrogen) atoms. The number of hydrogen-bond donors (Lipinski definition) is 2. The molecule has 0 unspecified atom stereocenters. The van der Waals surface area contributed by atoms with E-state index >= 15 is 0 Å². The molecule has 2 aromatic rings. The highest BCUT2D eigenvalue weighted by Gasteiger charge is 2.18. The fourth-order valence-corrected chi connectivity index (χ4v) is 1.98. The highest BCUT2D eigenvalue weighted by atomic mass is 19.1. The van der Waals surface area contributed by atoms with Crippen LogP contribution in [0.1, 0.15) is 10.4 Å². The summed E-state index contributed by atoms with van der Waals surface area (Å²) >= 11 is 0. The lowest BCUT2D eigenvalue weighted by Gasteiger charge is -2.18. The lowest BCUT2D eigenvalue weighted by atomic mass is 10.1. The van der Waals surface area contributed by atoms with Gasteiger partial charge in [0.1, 0.15) is 11.6 Å². The third-order valence-corrected chi connectivity index (χ3v) is 3.00. The number of carbonyl (C=O) groups is 2. The summed E-state index contributed by atoms with van der Waals surface area (Å²) in [5, 5.41) is 5.09. The van der Waals surface area contributed by atoms with E-state index in [0.717, 1.165) is 0 Å². The van der Waals surface area contributed by atoms with E-state index in [1.165, 1.54) is 24.3 Å². The Labute approximate surface area is 119 Å². The molecule has 0 saturated heterocycles. The first-order valence-corrected chi connectivity index (χ1v) is 6.26. The molecule has 5 nitrogen and oxygen atoms in total. The number of benzene rings is 2. The quantitative estimate of drug-likeness (QED) is 0.891. The average Bonchev–Trinajstić information content (AvgIpc) is 2.48. The minimum atomic E-state index is -0.513. The molecule has 0 bridgehead atoms. The zero-order valence-corrected chi connectivity index (χ0v) is 10.9. The molecule has 6 heteroatoms. The predicted octanol–water partition coefficient (Wildman–Crippen LogP) is 2.41. The van der Waals surface area contributed by atoms with Crippen molar-refractivity contribution in [1.29, 1.82) is 0 Å². The third-order valence-electron chi connectivity index (χ3n) is 3.00. The van der Waals surface area contributed by atoms with Crippen molar-refractivity contribution in [3.05, 3.63) is 53.8 Å². The van der Waals surface area contributed by atoms with Gasteiger partial charge in [0.25, 0.3) is 11.8 Å². The Morgan fingerprint density at radius 1 is 1.24 bits per heavy atom. The van der Waals surface area contributed by atoms with Crippen molar-refractivity contribution in [2.24, 2.45) is 0 Å². The molecule has 0 radical (unpaired) electrons. The first-order chi connectivity index (χ1) is 10.1. The molecule has 1 heterocycles. The summed E-state index contributed by atoms with van der Waals surface area (Å²) in [5.74, 6) is -0.769. The number of ether oxygens (including phenoxy) is 1. The Balaban J connectivity index is 1.84. The fourth-order valence-electron chi connectivity index (χ4n) is 1.98. The molecule has 0 spiro atoms. The van der Waals surface area contributed by atoms with E-state index < -0.39 is 11.7 Å². The van der Waals surface area contributed by atoms with Gasteiger partial charge in [-0.1, -0.05) is 12.1 Å². The van der Waals surface area contributed by atoms with Gasteiger partial charge in [-0.3, -0.25) is 9.59 Å². The molecule has 2 amide bonds. The Bertz CT molecular complexity index is 731. The summed E-state index contributed by atoms with van der Waals surface area (Å²) in [6.07, 6.45) is 0. The normalized spacial score (nSPS) is 12.9. The summed E-state index contributed by atoms with van der Waals surface area (Å²) in [6.45, 7) is -0.0478. The number of hydrogen-bond acceptors (Lipinski definition) is 3. The van der Waals surface area contributed by atoms with E-state index in [2.05, 4.69) is 10.6 Å². The van der Waals surface area contributed by atoms with Gasteiger partial charge in [0.15, 0.2) is 6.61 Å². The standard InChI is InChI=1S/C15H11FN2O3/c16-10-3-1-2-4-11(10)18-15(20)9-5-6-13-12(7-9)17-14(19)8-21-13/h1-7H,8H2,(H,17,19)(H,18,20). The van der Waals surface area contributed by atoms with E-state index in [1.54, 1.807) is 18.2 Å². The van der Waals surface area contributed by atoms with Crippen LogP contribution >= 0.6 is 0 Å². The molecule has 106 valence electrons. The monoisotopic (exact) mass is 286 g/mol. The van der Waals surface area contributed by atoms with Crippen LogP contribution in [0.3, 0.4) is 0 Å². The van der Waals surface area contributed by atoms with Crippen molar-refractivity contribution in [3.63, 3.8) is 0 Å². The van der Waals surface area contributed by atoms with Crippen molar-refractivity contribution in [2.45, 2.75) is 0 Å². The van der Waals surface area contributed by atoms with Gasteiger partial charge in [-0.2, -0.15) is 0 Å². The second-order valence-corrected chi connectivity index (χ2v) is 4.48. The third kappa shape index (κ3) is 2.69. The number of carbonyl (C=O) groups excluding carboxylic acids is 2. The number of para-hydroxylation sites is 1. The van der Waals surface area contributed by atoms with Crippen LogP contribution in [0.15, 0.2) is 42.5 Å². The number of rotatable bonds is 2. The Kier molecular flexibility index (Phi) is 3.27. The lowest BCUT2D eigenvalue weighted by molar-refractivity contribution is -0.118.